The zero-order valence-electron chi connectivity index (χ0n) is 18.5. The predicted molar refractivity (Wildman–Crippen MR) is 122 cm³/mol. The molecule has 1 N–H and O–H groups in total. The van der Waals surface area contributed by atoms with Gasteiger partial charge in [0.1, 0.15) is 0 Å². The third-order valence-electron chi connectivity index (χ3n) is 6.08. The van der Waals surface area contributed by atoms with Gasteiger partial charge < -0.3 is 15.1 Å². The molecule has 166 valence electrons. The standard InChI is InChI=1S/C23H31N5O2S/c1-23(2,3)22(30)27-12-8-16(9-13-27)18-6-7-19(31-18)21(29)25-17-10-14-28(15-17)20-5-4-11-24-26-20/h4-7,11,16-17H,8-10,12-15H2,1-3H3,(H,25,29)/t17-/m0/s1. The van der Waals surface area contributed by atoms with E-state index >= 15 is 0 Å². The van der Waals surface area contributed by atoms with Crippen LogP contribution in [0.15, 0.2) is 30.5 Å². The molecule has 1 atom stereocenters. The number of piperidine rings is 1. The highest BCUT2D eigenvalue weighted by atomic mass is 32.1. The van der Waals surface area contributed by atoms with E-state index in [1.807, 2.05) is 43.9 Å². The van der Waals surface area contributed by atoms with E-state index < -0.39 is 0 Å². The van der Waals surface area contributed by atoms with Crippen LogP contribution in [0.4, 0.5) is 5.82 Å². The van der Waals surface area contributed by atoms with E-state index in [2.05, 4.69) is 26.5 Å². The van der Waals surface area contributed by atoms with Crippen LogP contribution in [0, 0.1) is 5.41 Å². The fraction of sp³-hybridized carbons (Fsp3) is 0.565. The van der Waals surface area contributed by atoms with Crippen LogP contribution in [0.3, 0.4) is 0 Å². The number of rotatable bonds is 4. The molecule has 0 aliphatic carbocycles. The largest absolute Gasteiger partial charge is 0.353 e. The van der Waals surface area contributed by atoms with Gasteiger partial charge in [0.15, 0.2) is 5.82 Å². The molecule has 7 nitrogen and oxygen atoms in total. The smallest absolute Gasteiger partial charge is 0.261 e. The van der Waals surface area contributed by atoms with E-state index in [0.717, 1.165) is 56.1 Å². The molecule has 2 aromatic heterocycles. The Labute approximate surface area is 187 Å². The summed E-state index contributed by atoms with van der Waals surface area (Å²) in [5.41, 5.74) is -0.329. The molecule has 4 rings (SSSR count). The first-order valence-corrected chi connectivity index (χ1v) is 11.9. The van der Waals surface area contributed by atoms with Crippen molar-refractivity contribution in [2.75, 3.05) is 31.1 Å². The fourth-order valence-corrected chi connectivity index (χ4v) is 5.42. The van der Waals surface area contributed by atoms with Gasteiger partial charge in [-0.15, -0.1) is 16.4 Å². The van der Waals surface area contributed by atoms with Crippen LogP contribution in [0.1, 0.15) is 60.5 Å². The number of aromatic nitrogens is 2. The third-order valence-corrected chi connectivity index (χ3v) is 7.33. The molecule has 2 saturated heterocycles. The topological polar surface area (TPSA) is 78.4 Å². The summed E-state index contributed by atoms with van der Waals surface area (Å²) in [6, 6.07) is 7.98. The van der Waals surface area contributed by atoms with E-state index in [4.69, 9.17) is 0 Å². The minimum Gasteiger partial charge on any atom is -0.353 e. The van der Waals surface area contributed by atoms with Gasteiger partial charge in [-0.25, -0.2) is 0 Å². The Morgan fingerprint density at radius 3 is 2.55 bits per heavy atom. The Morgan fingerprint density at radius 2 is 1.87 bits per heavy atom. The molecule has 0 spiro atoms. The van der Waals surface area contributed by atoms with Crippen molar-refractivity contribution in [3.8, 4) is 0 Å². The number of hydrogen-bond acceptors (Lipinski definition) is 6. The maximum atomic E-state index is 12.8. The lowest BCUT2D eigenvalue weighted by Gasteiger charge is -2.35. The van der Waals surface area contributed by atoms with Crippen molar-refractivity contribution in [1.82, 2.24) is 20.4 Å². The first-order chi connectivity index (χ1) is 14.8. The highest BCUT2D eigenvalue weighted by Gasteiger charge is 2.31. The van der Waals surface area contributed by atoms with E-state index in [1.165, 1.54) is 4.88 Å². The molecule has 31 heavy (non-hydrogen) atoms. The molecule has 0 radical (unpaired) electrons. The lowest BCUT2D eigenvalue weighted by atomic mass is 9.90. The highest BCUT2D eigenvalue weighted by Crippen LogP contribution is 2.34. The number of carbonyl (C=O) groups is 2. The predicted octanol–water partition coefficient (Wildman–Crippen LogP) is 3.30. The van der Waals surface area contributed by atoms with E-state index in [1.54, 1.807) is 17.5 Å². The van der Waals surface area contributed by atoms with Gasteiger partial charge in [0.25, 0.3) is 5.91 Å². The molecule has 2 aliphatic rings. The van der Waals surface area contributed by atoms with Gasteiger partial charge in [0.2, 0.25) is 5.91 Å². The van der Waals surface area contributed by atoms with E-state index in [9.17, 15) is 9.59 Å². The van der Waals surface area contributed by atoms with Crippen LogP contribution in [-0.4, -0.2) is 59.1 Å². The quantitative estimate of drug-likeness (QED) is 0.788. The summed E-state index contributed by atoms with van der Waals surface area (Å²) in [6.45, 7) is 9.13. The monoisotopic (exact) mass is 441 g/mol. The number of amides is 2. The molecule has 4 heterocycles. The molecular formula is C23H31N5O2S. The summed E-state index contributed by atoms with van der Waals surface area (Å²) in [6.07, 6.45) is 4.48. The Morgan fingerprint density at radius 1 is 1.10 bits per heavy atom. The number of hydrogen-bond donors (Lipinski definition) is 1. The van der Waals surface area contributed by atoms with Crippen molar-refractivity contribution >= 4 is 29.0 Å². The molecule has 0 saturated carbocycles. The van der Waals surface area contributed by atoms with Crippen molar-refractivity contribution in [1.29, 1.82) is 0 Å². The lowest BCUT2D eigenvalue weighted by Crippen LogP contribution is -2.43. The highest BCUT2D eigenvalue weighted by molar-refractivity contribution is 7.14. The average molecular weight is 442 g/mol. The van der Waals surface area contributed by atoms with Gasteiger partial charge in [0, 0.05) is 48.7 Å². The Kier molecular flexibility index (Phi) is 6.27. The zero-order chi connectivity index (χ0) is 22.0. The zero-order valence-corrected chi connectivity index (χ0v) is 19.3. The molecule has 8 heteroatoms. The number of nitrogens with one attached hydrogen (secondary N) is 1. The van der Waals surface area contributed by atoms with Crippen LogP contribution >= 0.6 is 11.3 Å². The molecule has 0 aromatic carbocycles. The Hall–Kier alpha value is -2.48. The Bertz CT molecular complexity index is 916. The minimum atomic E-state index is -0.329. The lowest BCUT2D eigenvalue weighted by molar-refractivity contribution is -0.140. The molecule has 0 bridgehead atoms. The number of nitrogens with zero attached hydrogens (tertiary/aromatic N) is 4. The van der Waals surface area contributed by atoms with Crippen molar-refractivity contribution in [3.05, 3.63) is 40.2 Å². The SMILES string of the molecule is CC(C)(C)C(=O)N1CCC(c2ccc(C(=O)N[C@H]3CCN(c4cccnn4)C3)s2)CC1. The van der Waals surface area contributed by atoms with Crippen molar-refractivity contribution in [3.63, 3.8) is 0 Å². The van der Waals surface area contributed by atoms with Gasteiger partial charge in [-0.1, -0.05) is 20.8 Å². The van der Waals surface area contributed by atoms with Gasteiger partial charge in [-0.3, -0.25) is 9.59 Å². The second-order valence-electron chi connectivity index (χ2n) is 9.51. The third kappa shape index (κ3) is 5.06. The van der Waals surface area contributed by atoms with Crippen LogP contribution in [0.5, 0.6) is 0 Å². The maximum Gasteiger partial charge on any atom is 0.261 e. The summed E-state index contributed by atoms with van der Waals surface area (Å²) < 4.78 is 0. The maximum absolute atomic E-state index is 12.8. The first kappa shape index (κ1) is 21.7. The van der Waals surface area contributed by atoms with Crippen LogP contribution < -0.4 is 10.2 Å². The van der Waals surface area contributed by atoms with Crippen LogP contribution in [0.2, 0.25) is 0 Å². The summed E-state index contributed by atoms with van der Waals surface area (Å²) in [5.74, 6) is 1.51. The number of thiophene rings is 1. The van der Waals surface area contributed by atoms with Crippen molar-refractivity contribution in [2.45, 2.75) is 52.0 Å². The molecule has 2 fully saturated rings. The van der Waals surface area contributed by atoms with E-state index in [0.29, 0.717) is 5.92 Å². The molecule has 0 unspecified atom stereocenters. The van der Waals surface area contributed by atoms with Gasteiger partial charge >= 0.3 is 0 Å². The van der Waals surface area contributed by atoms with E-state index in [-0.39, 0.29) is 23.3 Å². The fourth-order valence-electron chi connectivity index (χ4n) is 4.34. The normalized spacial score (nSPS) is 20.2. The Balaban J connectivity index is 1.29. The van der Waals surface area contributed by atoms with Gasteiger partial charge in [-0.2, -0.15) is 5.10 Å². The molecule has 2 aromatic rings. The van der Waals surface area contributed by atoms with Gasteiger partial charge in [0.05, 0.1) is 4.88 Å². The van der Waals surface area contributed by atoms with Gasteiger partial charge in [-0.05, 0) is 49.4 Å². The molecule has 2 amide bonds. The molecule has 2 aliphatic heterocycles. The summed E-state index contributed by atoms with van der Waals surface area (Å²) in [5, 5.41) is 11.3. The minimum absolute atomic E-state index is 0.00240. The van der Waals surface area contributed by atoms with Crippen molar-refractivity contribution < 1.29 is 9.59 Å². The first-order valence-electron chi connectivity index (χ1n) is 11.0. The number of anilines is 1. The van der Waals surface area contributed by atoms with Crippen LogP contribution in [0.25, 0.3) is 0 Å². The number of carbonyl (C=O) groups excluding carboxylic acids is 2. The average Bonchev–Trinajstić information content (AvgIpc) is 3.43. The summed E-state index contributed by atoms with van der Waals surface area (Å²) >= 11 is 1.59. The number of likely N-dealkylation sites (tertiary alicyclic amines) is 1. The summed E-state index contributed by atoms with van der Waals surface area (Å²) in [7, 11) is 0. The second-order valence-corrected chi connectivity index (χ2v) is 10.6. The molecular weight excluding hydrogens is 410 g/mol. The second kappa shape index (κ2) is 8.94. The van der Waals surface area contributed by atoms with Crippen LogP contribution in [-0.2, 0) is 4.79 Å². The summed E-state index contributed by atoms with van der Waals surface area (Å²) in [4.78, 5) is 31.5. The van der Waals surface area contributed by atoms with Crippen molar-refractivity contribution in [2.24, 2.45) is 5.41 Å².